The fraction of sp³-hybridized carbons (Fsp3) is 0.0857. The monoisotopic (exact) mass is 536 g/mol. The summed E-state index contributed by atoms with van der Waals surface area (Å²) in [4.78, 5) is 3.03. The van der Waals surface area contributed by atoms with Crippen LogP contribution in [0.25, 0.3) is 54.0 Å². The summed E-state index contributed by atoms with van der Waals surface area (Å²) < 4.78 is 3.84. The van der Waals surface area contributed by atoms with Crippen molar-refractivity contribution in [1.82, 2.24) is 9.88 Å². The molecule has 0 bridgehead atoms. The van der Waals surface area contributed by atoms with E-state index in [1.165, 1.54) is 75.0 Å². The molecule has 186 valence electrons. The van der Waals surface area contributed by atoms with Gasteiger partial charge in [0.05, 0.1) is 16.7 Å². The average Bonchev–Trinajstić information content (AvgIpc) is 3.68. The molecule has 1 aliphatic carbocycles. The minimum Gasteiger partial charge on any atom is -0.368 e. The lowest BCUT2D eigenvalue weighted by molar-refractivity contribution is 0.869. The van der Waals surface area contributed by atoms with Crippen molar-refractivity contribution in [1.29, 1.82) is 0 Å². The molecule has 39 heavy (non-hydrogen) atoms. The number of hydrogen-bond donors (Lipinski definition) is 1. The van der Waals surface area contributed by atoms with Crippen molar-refractivity contribution in [3.8, 4) is 5.69 Å². The minimum atomic E-state index is 0.243. The molecule has 1 atom stereocenters. The Morgan fingerprint density at radius 2 is 1.44 bits per heavy atom. The maximum Gasteiger partial charge on any atom is 0.102 e. The van der Waals surface area contributed by atoms with Crippen molar-refractivity contribution in [3.63, 3.8) is 0 Å². The van der Waals surface area contributed by atoms with E-state index < -0.39 is 0 Å². The molecule has 4 heteroatoms. The molecule has 0 amide bonds. The Morgan fingerprint density at radius 3 is 2.33 bits per heavy atom. The summed E-state index contributed by atoms with van der Waals surface area (Å²) >= 11 is 3.96. The summed E-state index contributed by atoms with van der Waals surface area (Å²) in [5, 5.41) is 10.7. The number of allylic oxidation sites excluding steroid dienone is 1. The predicted molar refractivity (Wildman–Crippen MR) is 169 cm³/mol. The molecule has 0 saturated carbocycles. The van der Waals surface area contributed by atoms with Crippen molar-refractivity contribution in [2.24, 2.45) is 0 Å². The minimum absolute atomic E-state index is 0.243. The number of hydrogen-bond acceptors (Lipinski definition) is 3. The van der Waals surface area contributed by atoms with Crippen molar-refractivity contribution in [2.45, 2.75) is 18.2 Å². The molecule has 1 aliphatic heterocycles. The maximum absolute atomic E-state index is 3.92. The van der Waals surface area contributed by atoms with Gasteiger partial charge in [-0.3, -0.25) is 0 Å². The molecule has 5 aromatic carbocycles. The van der Waals surface area contributed by atoms with E-state index in [1.54, 1.807) is 0 Å². The van der Waals surface area contributed by atoms with Gasteiger partial charge in [0.1, 0.15) is 5.37 Å². The lowest BCUT2D eigenvalue weighted by atomic mass is 9.99. The first-order chi connectivity index (χ1) is 19.3. The number of thioether (sulfide) groups is 1. The van der Waals surface area contributed by atoms with Gasteiger partial charge >= 0.3 is 0 Å². The van der Waals surface area contributed by atoms with Crippen LogP contribution in [0.5, 0.6) is 0 Å². The molecule has 2 nitrogen and oxygen atoms in total. The highest BCUT2D eigenvalue weighted by molar-refractivity contribution is 8.03. The summed E-state index contributed by atoms with van der Waals surface area (Å²) in [5.74, 6) is 0. The number of thiophene rings is 1. The van der Waals surface area contributed by atoms with Crippen LogP contribution in [0.15, 0.2) is 114 Å². The summed E-state index contributed by atoms with van der Waals surface area (Å²) in [5.41, 5.74) is 7.86. The van der Waals surface area contributed by atoms with Crippen molar-refractivity contribution >= 4 is 71.5 Å². The quantitative estimate of drug-likeness (QED) is 0.237. The van der Waals surface area contributed by atoms with Crippen LogP contribution in [0, 0.1) is 0 Å². The van der Waals surface area contributed by atoms with Crippen LogP contribution in [0.2, 0.25) is 0 Å². The number of aromatic nitrogens is 1. The van der Waals surface area contributed by atoms with Crippen LogP contribution >= 0.6 is 23.1 Å². The van der Waals surface area contributed by atoms with E-state index in [4.69, 9.17) is 0 Å². The number of para-hydroxylation sites is 1. The predicted octanol–water partition coefficient (Wildman–Crippen LogP) is 9.80. The van der Waals surface area contributed by atoms with E-state index in [0.29, 0.717) is 0 Å². The van der Waals surface area contributed by atoms with Gasteiger partial charge in [-0.05, 0) is 48.1 Å². The third-order valence-corrected chi connectivity index (χ3v) is 10.9. The molecule has 0 radical (unpaired) electrons. The first-order valence-electron chi connectivity index (χ1n) is 13.5. The molecule has 0 fully saturated rings. The van der Waals surface area contributed by atoms with E-state index in [1.807, 2.05) is 23.1 Å². The topological polar surface area (TPSA) is 17.0 Å². The molecule has 2 aromatic heterocycles. The molecular formula is C35H24N2S2. The zero-order valence-electron chi connectivity index (χ0n) is 21.1. The third-order valence-electron chi connectivity index (χ3n) is 8.33. The van der Waals surface area contributed by atoms with Gasteiger partial charge in [0, 0.05) is 47.3 Å². The van der Waals surface area contributed by atoms with Gasteiger partial charge in [0.15, 0.2) is 0 Å². The Hall–Kier alpha value is -3.99. The number of benzene rings is 5. The zero-order chi connectivity index (χ0) is 25.5. The molecule has 0 saturated heterocycles. The Kier molecular flexibility index (Phi) is 4.63. The summed E-state index contributed by atoms with van der Waals surface area (Å²) in [6, 6.07) is 40.1. The first kappa shape index (κ1) is 21.9. The number of aryl methyl sites for hydroxylation is 1. The van der Waals surface area contributed by atoms with Gasteiger partial charge in [-0.2, -0.15) is 0 Å². The smallest absolute Gasteiger partial charge is 0.102 e. The molecule has 9 rings (SSSR count). The van der Waals surface area contributed by atoms with Gasteiger partial charge in [-0.15, -0.1) is 11.3 Å². The fourth-order valence-electron chi connectivity index (χ4n) is 6.56. The van der Waals surface area contributed by atoms with Crippen LogP contribution in [0.3, 0.4) is 0 Å². The van der Waals surface area contributed by atoms with E-state index in [0.717, 1.165) is 12.8 Å². The third kappa shape index (κ3) is 3.16. The highest BCUT2D eigenvalue weighted by atomic mass is 32.2. The second-order valence-corrected chi connectivity index (χ2v) is 12.8. The van der Waals surface area contributed by atoms with Gasteiger partial charge < -0.3 is 9.88 Å². The SMILES string of the molecule is c1ccc2c(c1)ccc1c3ccccc3n(-c3ccc(C4NC5=C(CCc6sc7ccccc7c65)S4)cc3)c21. The first-order valence-corrected chi connectivity index (χ1v) is 15.2. The van der Waals surface area contributed by atoms with Gasteiger partial charge in [-0.25, -0.2) is 0 Å². The number of fused-ring (bicyclic) bond motifs is 9. The van der Waals surface area contributed by atoms with E-state index >= 15 is 0 Å². The van der Waals surface area contributed by atoms with E-state index in [-0.39, 0.29) is 5.37 Å². The van der Waals surface area contributed by atoms with Gasteiger partial charge in [0.25, 0.3) is 0 Å². The number of nitrogens with one attached hydrogen (secondary N) is 1. The Morgan fingerprint density at radius 1 is 0.667 bits per heavy atom. The van der Waals surface area contributed by atoms with Gasteiger partial charge in [0.2, 0.25) is 0 Å². The van der Waals surface area contributed by atoms with Crippen molar-refractivity contribution in [2.75, 3.05) is 0 Å². The van der Waals surface area contributed by atoms with Crippen molar-refractivity contribution in [3.05, 3.63) is 130 Å². The van der Waals surface area contributed by atoms with Crippen LogP contribution in [-0.4, -0.2) is 4.57 Å². The normalized spacial score (nSPS) is 16.8. The van der Waals surface area contributed by atoms with E-state index in [2.05, 4.69) is 119 Å². The van der Waals surface area contributed by atoms with Crippen LogP contribution in [0.1, 0.15) is 27.8 Å². The zero-order valence-corrected chi connectivity index (χ0v) is 22.8. The largest absolute Gasteiger partial charge is 0.368 e. The second kappa shape index (κ2) is 8.25. The molecule has 0 spiro atoms. The Labute approximate surface area is 234 Å². The molecule has 2 aliphatic rings. The van der Waals surface area contributed by atoms with Crippen LogP contribution < -0.4 is 5.32 Å². The van der Waals surface area contributed by atoms with Gasteiger partial charge in [-0.1, -0.05) is 96.7 Å². The van der Waals surface area contributed by atoms with Crippen molar-refractivity contribution < 1.29 is 0 Å². The average molecular weight is 537 g/mol. The molecular weight excluding hydrogens is 513 g/mol. The summed E-state index contributed by atoms with van der Waals surface area (Å²) in [6.07, 6.45) is 2.28. The van der Waals surface area contributed by atoms with Crippen LogP contribution in [0.4, 0.5) is 0 Å². The van der Waals surface area contributed by atoms with E-state index in [9.17, 15) is 0 Å². The molecule has 7 aromatic rings. The van der Waals surface area contributed by atoms with Crippen LogP contribution in [-0.2, 0) is 6.42 Å². The highest BCUT2D eigenvalue weighted by Crippen LogP contribution is 2.52. The number of nitrogens with zero attached hydrogens (tertiary/aromatic N) is 1. The fourth-order valence-corrected chi connectivity index (χ4v) is 9.02. The summed E-state index contributed by atoms with van der Waals surface area (Å²) in [7, 11) is 0. The molecule has 3 heterocycles. The summed E-state index contributed by atoms with van der Waals surface area (Å²) in [6.45, 7) is 0. The Bertz CT molecular complexity index is 2130. The molecule has 1 unspecified atom stereocenters. The standard InChI is InChI=1S/C35H24N2S2/c1-2-8-24-21(7-1)15-18-26-25-9-3-5-11-28(25)37(34(24)26)23-16-13-22(14-17-23)35-36-33-31(39-35)20-19-30-32(33)27-10-4-6-12-29(27)38-30/h1-18,35-36H,19-20H2. The Balaban J connectivity index is 1.13. The maximum atomic E-state index is 3.92. The lowest BCUT2D eigenvalue weighted by Crippen LogP contribution is -2.13. The highest BCUT2D eigenvalue weighted by Gasteiger charge is 2.32. The lowest BCUT2D eigenvalue weighted by Gasteiger charge is -2.16. The second-order valence-electron chi connectivity index (χ2n) is 10.5. The number of rotatable bonds is 2. The molecule has 1 N–H and O–H groups in total.